The summed E-state index contributed by atoms with van der Waals surface area (Å²) in [6.07, 6.45) is 3.70. The first kappa shape index (κ1) is 23.8. The van der Waals surface area contributed by atoms with Gasteiger partial charge in [0.05, 0.1) is 35.9 Å². The van der Waals surface area contributed by atoms with Crippen LogP contribution < -0.4 is 5.32 Å². The van der Waals surface area contributed by atoms with Gasteiger partial charge in [-0.15, -0.1) is 0 Å². The highest BCUT2D eigenvalue weighted by molar-refractivity contribution is 6.03. The van der Waals surface area contributed by atoms with E-state index in [2.05, 4.69) is 30.2 Å². The zero-order chi connectivity index (χ0) is 23.5. The summed E-state index contributed by atoms with van der Waals surface area (Å²) >= 11 is 0. The molecule has 0 saturated heterocycles. The molecule has 1 amide bonds. The van der Waals surface area contributed by atoms with E-state index in [-0.39, 0.29) is 12.3 Å². The lowest BCUT2D eigenvalue weighted by molar-refractivity contribution is -0.149. The molecule has 0 bridgehead atoms. The molecule has 1 aromatic heterocycles. The van der Waals surface area contributed by atoms with Crippen LogP contribution in [0.2, 0.25) is 0 Å². The van der Waals surface area contributed by atoms with Gasteiger partial charge in [0.1, 0.15) is 5.60 Å². The second-order valence-electron chi connectivity index (χ2n) is 9.14. The van der Waals surface area contributed by atoms with Gasteiger partial charge in [0.15, 0.2) is 0 Å². The summed E-state index contributed by atoms with van der Waals surface area (Å²) in [5, 5.41) is 23.2. The van der Waals surface area contributed by atoms with Gasteiger partial charge in [0.2, 0.25) is 0 Å². The molecule has 32 heavy (non-hydrogen) atoms. The largest absolute Gasteiger partial charge is 0.481 e. The number of carbonyl (C=O) groups is 2. The Morgan fingerprint density at radius 1 is 1.41 bits per heavy atom. The van der Waals surface area contributed by atoms with Crippen LogP contribution >= 0.6 is 0 Å². The number of hydrogen-bond donors (Lipinski definition) is 3. The highest BCUT2D eigenvalue weighted by Crippen LogP contribution is 2.44. The van der Waals surface area contributed by atoms with Crippen LogP contribution in [-0.2, 0) is 21.6 Å². The van der Waals surface area contributed by atoms with Crippen LogP contribution in [0.4, 0.5) is 0 Å². The Bertz CT molecular complexity index is 1060. The van der Waals surface area contributed by atoms with E-state index in [1.807, 2.05) is 13.8 Å². The molecule has 0 radical (unpaired) electrons. The highest BCUT2D eigenvalue weighted by Gasteiger charge is 2.42. The standard InChI is InChI=1S/C25H33N3O4/c1-5-9-25(13-20(29)30)23-18(8-11-32-25)21-17(14-26)12-19(16(4)22(21)28-23)24(31)27-10-6-7-15(2)3/h12,15,28H,5-11,13H2,1-4H3,(H,27,31)(H,29,30). The summed E-state index contributed by atoms with van der Waals surface area (Å²) in [4.78, 5) is 28.0. The summed E-state index contributed by atoms with van der Waals surface area (Å²) < 4.78 is 6.07. The SMILES string of the molecule is CCCC1(CC(=O)O)OCCc2c1[nH]c1c(C)c(C(=O)NCCCC(C)C)cc(C#N)c21. The third-order valence-corrected chi connectivity index (χ3v) is 6.33. The third-order valence-electron chi connectivity index (χ3n) is 6.33. The Morgan fingerprint density at radius 3 is 2.78 bits per heavy atom. The number of aromatic amines is 1. The number of nitrogens with zero attached hydrogens (tertiary/aromatic N) is 1. The number of nitrogens with one attached hydrogen (secondary N) is 2. The van der Waals surface area contributed by atoms with E-state index < -0.39 is 11.6 Å². The van der Waals surface area contributed by atoms with Gasteiger partial charge in [-0.05, 0) is 55.7 Å². The fourth-order valence-electron chi connectivity index (χ4n) is 4.84. The second-order valence-corrected chi connectivity index (χ2v) is 9.14. The number of carboxylic acids is 1. The van der Waals surface area contributed by atoms with Gasteiger partial charge < -0.3 is 20.1 Å². The van der Waals surface area contributed by atoms with Crippen LogP contribution in [0.1, 0.15) is 85.6 Å². The average molecular weight is 440 g/mol. The molecule has 7 nitrogen and oxygen atoms in total. The van der Waals surface area contributed by atoms with Crippen LogP contribution in [0.5, 0.6) is 0 Å². The maximum absolute atomic E-state index is 12.9. The van der Waals surface area contributed by atoms with E-state index in [9.17, 15) is 20.0 Å². The van der Waals surface area contributed by atoms with Gasteiger partial charge >= 0.3 is 5.97 Å². The number of amides is 1. The molecule has 1 aliphatic heterocycles. The number of carbonyl (C=O) groups excluding carboxylic acids is 1. The smallest absolute Gasteiger partial charge is 0.306 e. The topological polar surface area (TPSA) is 115 Å². The van der Waals surface area contributed by atoms with Crippen LogP contribution in [0, 0.1) is 24.2 Å². The highest BCUT2D eigenvalue weighted by atomic mass is 16.5. The number of benzene rings is 1. The van der Waals surface area contributed by atoms with Gasteiger partial charge in [-0.3, -0.25) is 9.59 Å². The van der Waals surface area contributed by atoms with Gasteiger partial charge in [0.25, 0.3) is 5.91 Å². The molecular formula is C25H33N3O4. The predicted molar refractivity (Wildman–Crippen MR) is 123 cm³/mol. The quantitative estimate of drug-likeness (QED) is 0.496. The summed E-state index contributed by atoms with van der Waals surface area (Å²) in [6.45, 7) is 9.15. The summed E-state index contributed by atoms with van der Waals surface area (Å²) in [6, 6.07) is 3.92. The number of fused-ring (bicyclic) bond motifs is 3. The summed E-state index contributed by atoms with van der Waals surface area (Å²) in [5.74, 6) is -0.542. The average Bonchev–Trinajstić information content (AvgIpc) is 3.13. The minimum Gasteiger partial charge on any atom is -0.481 e. The van der Waals surface area contributed by atoms with Crippen molar-refractivity contribution >= 4 is 22.8 Å². The summed E-state index contributed by atoms with van der Waals surface area (Å²) in [5.41, 5.74) is 3.09. The molecule has 3 N–H and O–H groups in total. The van der Waals surface area contributed by atoms with Crippen LogP contribution in [-0.4, -0.2) is 35.1 Å². The molecule has 0 spiro atoms. The lowest BCUT2D eigenvalue weighted by Gasteiger charge is -2.36. The van der Waals surface area contributed by atoms with E-state index in [1.165, 1.54) is 0 Å². The molecular weight excluding hydrogens is 406 g/mol. The lowest BCUT2D eigenvalue weighted by atomic mass is 9.84. The third kappa shape index (κ3) is 4.51. The van der Waals surface area contributed by atoms with Crippen molar-refractivity contribution in [3.05, 3.63) is 34.0 Å². The maximum Gasteiger partial charge on any atom is 0.306 e. The van der Waals surface area contributed by atoms with E-state index in [0.29, 0.717) is 43.0 Å². The number of ether oxygens (including phenoxy) is 1. The van der Waals surface area contributed by atoms with E-state index in [0.717, 1.165) is 47.0 Å². The van der Waals surface area contributed by atoms with Gasteiger partial charge in [-0.2, -0.15) is 5.26 Å². The molecule has 2 aromatic rings. The molecule has 0 fully saturated rings. The van der Waals surface area contributed by atoms with E-state index >= 15 is 0 Å². The Kier molecular flexibility index (Phi) is 7.25. The monoisotopic (exact) mass is 439 g/mol. The number of carboxylic acid groups (broad SMARTS) is 1. The second kappa shape index (κ2) is 9.74. The zero-order valence-electron chi connectivity index (χ0n) is 19.4. The van der Waals surface area contributed by atoms with Gasteiger partial charge in [0, 0.05) is 17.5 Å². The van der Waals surface area contributed by atoms with Gasteiger partial charge in [-0.1, -0.05) is 27.2 Å². The number of H-pyrrole nitrogens is 1. The number of rotatable bonds is 9. The lowest BCUT2D eigenvalue weighted by Crippen LogP contribution is -2.37. The molecule has 1 atom stereocenters. The van der Waals surface area contributed by atoms with Crippen molar-refractivity contribution in [2.75, 3.05) is 13.2 Å². The van der Waals surface area contributed by atoms with Crippen molar-refractivity contribution in [3.8, 4) is 6.07 Å². The molecule has 3 rings (SSSR count). The first-order chi connectivity index (χ1) is 15.2. The van der Waals surface area contributed by atoms with Crippen molar-refractivity contribution in [3.63, 3.8) is 0 Å². The van der Waals surface area contributed by atoms with Crippen LogP contribution in [0.3, 0.4) is 0 Å². The molecule has 172 valence electrons. The molecule has 1 unspecified atom stereocenters. The minimum atomic E-state index is -0.953. The van der Waals surface area contributed by atoms with Crippen molar-refractivity contribution < 1.29 is 19.4 Å². The number of nitriles is 1. The van der Waals surface area contributed by atoms with Crippen molar-refractivity contribution in [1.29, 1.82) is 5.26 Å². The van der Waals surface area contributed by atoms with E-state index in [4.69, 9.17) is 4.74 Å². The minimum absolute atomic E-state index is 0.148. The van der Waals surface area contributed by atoms with Gasteiger partial charge in [-0.25, -0.2) is 0 Å². The Hall–Kier alpha value is -2.85. The Labute approximate surface area is 189 Å². The van der Waals surface area contributed by atoms with Crippen molar-refractivity contribution in [1.82, 2.24) is 10.3 Å². The van der Waals surface area contributed by atoms with Crippen molar-refractivity contribution in [2.45, 2.75) is 71.8 Å². The molecule has 7 heteroatoms. The first-order valence-corrected chi connectivity index (χ1v) is 11.5. The summed E-state index contributed by atoms with van der Waals surface area (Å²) in [7, 11) is 0. The molecule has 0 aliphatic carbocycles. The van der Waals surface area contributed by atoms with Crippen LogP contribution in [0.25, 0.3) is 10.9 Å². The first-order valence-electron chi connectivity index (χ1n) is 11.5. The molecule has 1 aliphatic rings. The normalized spacial score (nSPS) is 17.9. The Balaban J connectivity index is 2.08. The van der Waals surface area contributed by atoms with E-state index in [1.54, 1.807) is 6.07 Å². The molecule has 2 heterocycles. The predicted octanol–water partition coefficient (Wildman–Crippen LogP) is 4.56. The van der Waals surface area contributed by atoms with Crippen LogP contribution in [0.15, 0.2) is 6.07 Å². The fourth-order valence-corrected chi connectivity index (χ4v) is 4.84. The number of aromatic nitrogens is 1. The number of hydrogen-bond acceptors (Lipinski definition) is 4. The zero-order valence-corrected chi connectivity index (χ0v) is 19.4. The number of aliphatic carboxylic acids is 1. The molecule has 1 aromatic carbocycles. The molecule has 0 saturated carbocycles. The fraction of sp³-hybridized carbons (Fsp3) is 0.560. The maximum atomic E-state index is 12.9. The van der Waals surface area contributed by atoms with Crippen molar-refractivity contribution in [2.24, 2.45) is 5.92 Å². The Morgan fingerprint density at radius 2 is 2.16 bits per heavy atom. The number of aryl methyl sites for hydroxylation is 1.